The Morgan fingerprint density at radius 1 is 1.07 bits per heavy atom. The Hall–Kier alpha value is -2.97. The molecule has 3 aromatic rings. The van der Waals surface area contributed by atoms with Gasteiger partial charge in [-0.2, -0.15) is 4.98 Å². The van der Waals surface area contributed by atoms with Crippen molar-refractivity contribution >= 4 is 16.0 Å². The van der Waals surface area contributed by atoms with E-state index in [4.69, 9.17) is 9.15 Å². The van der Waals surface area contributed by atoms with E-state index in [-0.39, 0.29) is 29.7 Å². The van der Waals surface area contributed by atoms with Crippen molar-refractivity contribution in [3.63, 3.8) is 0 Å². The number of hydrogen-bond acceptors (Lipinski definition) is 6. The molecule has 0 saturated carbocycles. The third kappa shape index (κ3) is 5.10. The average Bonchev–Trinajstić information content (AvgIpc) is 3.15. The Labute approximate surface area is 169 Å². The van der Waals surface area contributed by atoms with Crippen LogP contribution in [0.5, 0.6) is 0 Å². The summed E-state index contributed by atoms with van der Waals surface area (Å²) in [5, 5.41) is -0.224. The first kappa shape index (κ1) is 20.8. The Morgan fingerprint density at radius 2 is 1.66 bits per heavy atom. The molecule has 1 aromatic heterocycles. The van der Waals surface area contributed by atoms with E-state index in [2.05, 4.69) is 9.71 Å². The summed E-state index contributed by atoms with van der Waals surface area (Å²) in [6, 6.07) is 17.3. The second kappa shape index (κ2) is 9.02. The number of carbonyl (C=O) groups is 1. The van der Waals surface area contributed by atoms with Gasteiger partial charge in [-0.05, 0) is 26.0 Å². The van der Waals surface area contributed by atoms with E-state index in [0.29, 0.717) is 11.1 Å². The van der Waals surface area contributed by atoms with E-state index in [1.165, 1.54) is 0 Å². The highest BCUT2D eigenvalue weighted by molar-refractivity contribution is 7.89. The normalized spacial score (nSPS) is 12.5. The highest BCUT2D eigenvalue weighted by Crippen LogP contribution is 2.32. The third-order valence-electron chi connectivity index (χ3n) is 4.04. The second-order valence-corrected chi connectivity index (χ2v) is 8.05. The van der Waals surface area contributed by atoms with Gasteiger partial charge < -0.3 is 9.15 Å². The number of sulfonamides is 1. The van der Waals surface area contributed by atoms with Crippen LogP contribution in [0, 0.1) is 0 Å². The molecule has 0 aliphatic heterocycles. The minimum Gasteiger partial charge on any atom is -0.466 e. The SMILES string of the molecule is CCOC(=O)CC(C)NS(=O)(=O)c1nc(-c2ccccc2)oc1-c1ccccc1. The first-order chi connectivity index (χ1) is 13.9. The fourth-order valence-electron chi connectivity index (χ4n) is 2.80. The van der Waals surface area contributed by atoms with Gasteiger partial charge in [-0.3, -0.25) is 4.79 Å². The molecule has 29 heavy (non-hydrogen) atoms. The number of ether oxygens (including phenoxy) is 1. The maximum Gasteiger partial charge on any atom is 0.307 e. The maximum atomic E-state index is 13.0. The number of esters is 1. The van der Waals surface area contributed by atoms with Gasteiger partial charge in [0.1, 0.15) is 0 Å². The van der Waals surface area contributed by atoms with Gasteiger partial charge >= 0.3 is 5.97 Å². The lowest BCUT2D eigenvalue weighted by Crippen LogP contribution is -2.35. The van der Waals surface area contributed by atoms with Gasteiger partial charge in [-0.25, -0.2) is 13.1 Å². The third-order valence-corrected chi connectivity index (χ3v) is 5.54. The number of carbonyl (C=O) groups excluding carboxylic acids is 1. The van der Waals surface area contributed by atoms with E-state index in [9.17, 15) is 13.2 Å². The molecule has 1 N–H and O–H groups in total. The molecule has 0 fully saturated rings. The maximum absolute atomic E-state index is 13.0. The molecule has 2 aromatic carbocycles. The molecule has 8 heteroatoms. The molecule has 152 valence electrons. The number of rotatable bonds is 8. The van der Waals surface area contributed by atoms with E-state index in [1.807, 2.05) is 24.3 Å². The van der Waals surface area contributed by atoms with Crippen molar-refractivity contribution in [3.8, 4) is 22.8 Å². The Kier molecular flexibility index (Phi) is 6.46. The van der Waals surface area contributed by atoms with Crippen LogP contribution in [0.25, 0.3) is 22.8 Å². The van der Waals surface area contributed by atoms with Crippen molar-refractivity contribution in [3.05, 3.63) is 60.7 Å². The van der Waals surface area contributed by atoms with Crippen LogP contribution < -0.4 is 4.72 Å². The van der Waals surface area contributed by atoms with Gasteiger partial charge in [-0.1, -0.05) is 48.5 Å². The second-order valence-electron chi connectivity index (χ2n) is 6.42. The van der Waals surface area contributed by atoms with Crippen LogP contribution >= 0.6 is 0 Å². The van der Waals surface area contributed by atoms with Gasteiger partial charge in [0.15, 0.2) is 5.76 Å². The van der Waals surface area contributed by atoms with Gasteiger partial charge in [0.2, 0.25) is 10.9 Å². The summed E-state index contributed by atoms with van der Waals surface area (Å²) in [5.41, 5.74) is 1.24. The van der Waals surface area contributed by atoms with E-state index >= 15 is 0 Å². The van der Waals surface area contributed by atoms with Crippen LogP contribution in [0.1, 0.15) is 20.3 Å². The molecule has 0 aliphatic rings. The average molecular weight is 414 g/mol. The van der Waals surface area contributed by atoms with Crippen LogP contribution in [-0.4, -0.2) is 32.0 Å². The molecule has 1 unspecified atom stereocenters. The van der Waals surface area contributed by atoms with Crippen molar-refractivity contribution in [2.45, 2.75) is 31.3 Å². The number of oxazole rings is 1. The molecule has 0 radical (unpaired) electrons. The topological polar surface area (TPSA) is 98.5 Å². The van der Waals surface area contributed by atoms with Crippen LogP contribution in [0.2, 0.25) is 0 Å². The Balaban J connectivity index is 1.98. The van der Waals surface area contributed by atoms with Gasteiger partial charge in [0.05, 0.1) is 13.0 Å². The number of aromatic nitrogens is 1. The molecular formula is C21H22N2O5S. The highest BCUT2D eigenvalue weighted by Gasteiger charge is 2.29. The number of benzene rings is 2. The fourth-order valence-corrected chi connectivity index (χ4v) is 4.13. The lowest BCUT2D eigenvalue weighted by Gasteiger charge is -2.12. The van der Waals surface area contributed by atoms with Crippen LogP contribution in [0.15, 0.2) is 70.1 Å². The largest absolute Gasteiger partial charge is 0.466 e. The van der Waals surface area contributed by atoms with Crippen LogP contribution in [0.4, 0.5) is 0 Å². The quantitative estimate of drug-likeness (QED) is 0.565. The minimum absolute atomic E-state index is 0.0862. The van der Waals surface area contributed by atoms with Crippen molar-refractivity contribution < 1.29 is 22.4 Å². The summed E-state index contributed by atoms with van der Waals surface area (Å²) >= 11 is 0. The molecule has 0 spiro atoms. The molecule has 1 heterocycles. The summed E-state index contributed by atoms with van der Waals surface area (Å²) in [5.74, 6) is -0.140. The van der Waals surface area contributed by atoms with E-state index in [0.717, 1.165) is 0 Å². The fraction of sp³-hybridized carbons (Fsp3) is 0.238. The first-order valence-corrected chi connectivity index (χ1v) is 10.7. The monoisotopic (exact) mass is 414 g/mol. The smallest absolute Gasteiger partial charge is 0.307 e. The predicted molar refractivity (Wildman–Crippen MR) is 108 cm³/mol. The summed E-state index contributed by atoms with van der Waals surface area (Å²) in [6.45, 7) is 3.52. The van der Waals surface area contributed by atoms with Crippen molar-refractivity contribution in [1.29, 1.82) is 0 Å². The molecule has 3 rings (SSSR count). The van der Waals surface area contributed by atoms with Crippen molar-refractivity contribution in [1.82, 2.24) is 9.71 Å². The Morgan fingerprint density at radius 3 is 2.24 bits per heavy atom. The first-order valence-electron chi connectivity index (χ1n) is 9.20. The molecule has 0 bridgehead atoms. The van der Waals surface area contributed by atoms with Gasteiger partial charge in [0, 0.05) is 17.2 Å². The van der Waals surface area contributed by atoms with Gasteiger partial charge in [-0.15, -0.1) is 0 Å². The predicted octanol–water partition coefficient (Wildman–Crippen LogP) is 3.63. The van der Waals surface area contributed by atoms with E-state index < -0.39 is 22.0 Å². The zero-order valence-electron chi connectivity index (χ0n) is 16.2. The lowest BCUT2D eigenvalue weighted by atomic mass is 10.2. The molecule has 7 nitrogen and oxygen atoms in total. The number of hydrogen-bond donors (Lipinski definition) is 1. The molecule has 1 atom stereocenters. The molecule has 0 saturated heterocycles. The number of nitrogens with one attached hydrogen (secondary N) is 1. The van der Waals surface area contributed by atoms with Crippen molar-refractivity contribution in [2.24, 2.45) is 0 Å². The summed E-state index contributed by atoms with van der Waals surface area (Å²) in [4.78, 5) is 15.9. The summed E-state index contributed by atoms with van der Waals surface area (Å²) in [7, 11) is -4.05. The summed E-state index contributed by atoms with van der Waals surface area (Å²) in [6.07, 6.45) is -0.0862. The standard InChI is InChI=1S/C21H22N2O5S/c1-3-27-18(24)14-15(2)23-29(25,26)21-19(16-10-6-4-7-11-16)28-20(22-21)17-12-8-5-9-13-17/h4-13,15,23H,3,14H2,1-2H3. The van der Waals surface area contributed by atoms with Crippen molar-refractivity contribution in [2.75, 3.05) is 6.61 Å². The highest BCUT2D eigenvalue weighted by atomic mass is 32.2. The zero-order chi connectivity index (χ0) is 20.9. The van der Waals surface area contributed by atoms with Crippen LogP contribution in [0.3, 0.4) is 0 Å². The lowest BCUT2D eigenvalue weighted by molar-refractivity contribution is -0.143. The Bertz CT molecular complexity index is 1060. The molecule has 0 amide bonds. The van der Waals surface area contributed by atoms with E-state index in [1.54, 1.807) is 50.2 Å². The minimum atomic E-state index is -4.05. The molecular weight excluding hydrogens is 392 g/mol. The zero-order valence-corrected chi connectivity index (χ0v) is 17.0. The molecule has 0 aliphatic carbocycles. The van der Waals surface area contributed by atoms with Crippen LogP contribution in [-0.2, 0) is 19.6 Å². The number of nitrogens with zero attached hydrogens (tertiary/aromatic N) is 1. The summed E-state index contributed by atoms with van der Waals surface area (Å²) < 4.78 is 39.3. The van der Waals surface area contributed by atoms with Gasteiger partial charge in [0.25, 0.3) is 10.0 Å².